The van der Waals surface area contributed by atoms with E-state index in [9.17, 15) is 9.59 Å². The molecule has 128 valence electrons. The fourth-order valence-corrected chi connectivity index (χ4v) is 3.63. The summed E-state index contributed by atoms with van der Waals surface area (Å²) in [6.45, 7) is 0. The zero-order valence-electron chi connectivity index (χ0n) is 14.3. The number of hydrogen-bond donors (Lipinski definition) is 0. The normalized spacial score (nSPS) is 13.3. The smallest absolute Gasteiger partial charge is 0.266 e. The molecule has 1 aliphatic heterocycles. The van der Waals surface area contributed by atoms with E-state index in [1.165, 1.54) is 4.90 Å². The second-order valence-electron chi connectivity index (χ2n) is 6.39. The van der Waals surface area contributed by atoms with Gasteiger partial charge in [-0.15, -0.1) is 0 Å². The number of hydrogen-bond acceptors (Lipinski definition) is 3. The van der Waals surface area contributed by atoms with E-state index < -0.39 is 0 Å². The number of aromatic nitrogens is 1. The molecule has 0 fully saturated rings. The Morgan fingerprint density at radius 2 is 1.41 bits per heavy atom. The number of carbonyl (C=O) groups excluding carboxylic acids is 2. The van der Waals surface area contributed by atoms with E-state index in [1.807, 2.05) is 66.7 Å². The maximum absolute atomic E-state index is 13.3. The minimum Gasteiger partial charge on any atom is -0.268 e. The lowest BCUT2D eigenvalue weighted by Crippen LogP contribution is -2.29. The van der Waals surface area contributed by atoms with E-state index in [0.29, 0.717) is 22.3 Å². The van der Waals surface area contributed by atoms with Crippen molar-refractivity contribution in [1.29, 1.82) is 0 Å². The fourth-order valence-electron chi connectivity index (χ4n) is 3.63. The second-order valence-corrected chi connectivity index (χ2v) is 6.39. The van der Waals surface area contributed by atoms with Crippen LogP contribution in [0.4, 0.5) is 5.69 Å². The molecular formula is C23H14N2O2. The molecule has 1 aromatic heterocycles. The third kappa shape index (κ3) is 2.27. The van der Waals surface area contributed by atoms with Crippen molar-refractivity contribution < 1.29 is 9.59 Å². The van der Waals surface area contributed by atoms with E-state index in [-0.39, 0.29) is 11.8 Å². The van der Waals surface area contributed by atoms with Gasteiger partial charge in [0.2, 0.25) is 0 Å². The van der Waals surface area contributed by atoms with Crippen LogP contribution in [0.25, 0.3) is 22.0 Å². The summed E-state index contributed by atoms with van der Waals surface area (Å²) in [5, 5.41) is 0.884. The molecule has 0 atom stereocenters. The summed E-state index contributed by atoms with van der Waals surface area (Å²) in [6, 6.07) is 24.3. The standard InChI is InChI=1S/C23H14N2O2/c26-22-18-12-5-11-17(15-7-2-1-3-8-15)20(18)23(27)25(22)19-13-4-9-16-10-6-14-24-21(16)19/h1-14H. The molecule has 0 N–H and O–H groups in total. The van der Waals surface area contributed by atoms with Gasteiger partial charge >= 0.3 is 0 Å². The highest BCUT2D eigenvalue weighted by atomic mass is 16.2. The molecule has 2 amide bonds. The number of rotatable bonds is 2. The monoisotopic (exact) mass is 350 g/mol. The van der Waals surface area contributed by atoms with Crippen LogP contribution in [0.15, 0.2) is 85.1 Å². The zero-order valence-corrected chi connectivity index (χ0v) is 14.3. The summed E-state index contributed by atoms with van der Waals surface area (Å²) in [5.74, 6) is -0.626. The Hall–Kier alpha value is -3.79. The van der Waals surface area contributed by atoms with Gasteiger partial charge in [0.15, 0.2) is 0 Å². The average Bonchev–Trinajstić information content (AvgIpc) is 2.99. The Balaban J connectivity index is 1.72. The number of carbonyl (C=O) groups is 2. The second kappa shape index (κ2) is 5.88. The maximum atomic E-state index is 13.3. The number of benzene rings is 3. The molecule has 0 saturated carbocycles. The predicted molar refractivity (Wildman–Crippen MR) is 105 cm³/mol. The van der Waals surface area contributed by atoms with Crippen molar-refractivity contribution in [1.82, 2.24) is 4.98 Å². The molecule has 5 rings (SSSR count). The minimum absolute atomic E-state index is 0.312. The lowest BCUT2D eigenvalue weighted by molar-refractivity contribution is 0.0926. The van der Waals surface area contributed by atoms with E-state index in [4.69, 9.17) is 0 Å². The molecule has 0 aliphatic carbocycles. The van der Waals surface area contributed by atoms with E-state index in [0.717, 1.165) is 16.5 Å². The van der Waals surface area contributed by atoms with Crippen molar-refractivity contribution in [2.24, 2.45) is 0 Å². The van der Waals surface area contributed by atoms with Gasteiger partial charge in [0, 0.05) is 11.6 Å². The molecule has 0 bridgehead atoms. The Labute approximate surface area is 155 Å². The molecule has 0 unspecified atom stereocenters. The van der Waals surface area contributed by atoms with Gasteiger partial charge in [0.05, 0.1) is 22.3 Å². The van der Waals surface area contributed by atoms with Crippen molar-refractivity contribution in [3.63, 3.8) is 0 Å². The number of fused-ring (bicyclic) bond motifs is 2. The molecule has 0 spiro atoms. The Morgan fingerprint density at radius 1 is 0.667 bits per heavy atom. The van der Waals surface area contributed by atoms with Gasteiger partial charge in [-0.2, -0.15) is 0 Å². The first-order chi connectivity index (χ1) is 13.3. The first-order valence-electron chi connectivity index (χ1n) is 8.66. The van der Waals surface area contributed by atoms with Crippen LogP contribution >= 0.6 is 0 Å². The number of para-hydroxylation sites is 1. The van der Waals surface area contributed by atoms with Crippen LogP contribution in [0.1, 0.15) is 20.7 Å². The van der Waals surface area contributed by atoms with Crippen LogP contribution in [0.5, 0.6) is 0 Å². The van der Waals surface area contributed by atoms with E-state index in [1.54, 1.807) is 18.3 Å². The molecule has 0 saturated heterocycles. The number of amides is 2. The van der Waals surface area contributed by atoms with Crippen molar-refractivity contribution in [2.75, 3.05) is 4.90 Å². The predicted octanol–water partition coefficient (Wildman–Crippen LogP) is 4.70. The molecule has 1 aliphatic rings. The fraction of sp³-hybridized carbons (Fsp3) is 0. The van der Waals surface area contributed by atoms with Gasteiger partial charge in [0.25, 0.3) is 11.8 Å². The molecule has 4 aromatic rings. The maximum Gasteiger partial charge on any atom is 0.266 e. The van der Waals surface area contributed by atoms with Gasteiger partial charge in [0.1, 0.15) is 0 Å². The highest BCUT2D eigenvalue weighted by molar-refractivity contribution is 6.37. The van der Waals surface area contributed by atoms with Gasteiger partial charge in [-0.3, -0.25) is 14.6 Å². The number of pyridine rings is 1. The quantitative estimate of drug-likeness (QED) is 0.492. The molecule has 3 aromatic carbocycles. The van der Waals surface area contributed by atoms with Crippen LogP contribution in [0.2, 0.25) is 0 Å². The average molecular weight is 350 g/mol. The summed E-state index contributed by atoms with van der Waals surface area (Å²) in [6.07, 6.45) is 1.67. The Bertz CT molecular complexity index is 1210. The largest absolute Gasteiger partial charge is 0.268 e. The summed E-state index contributed by atoms with van der Waals surface area (Å²) in [5.41, 5.74) is 3.69. The SMILES string of the molecule is O=C1c2cccc(-c3ccccc3)c2C(=O)N1c1cccc2cccnc12. The molecule has 27 heavy (non-hydrogen) atoms. The summed E-state index contributed by atoms with van der Waals surface area (Å²) < 4.78 is 0. The third-order valence-corrected chi connectivity index (χ3v) is 4.85. The zero-order chi connectivity index (χ0) is 18.4. The first kappa shape index (κ1) is 15.5. The van der Waals surface area contributed by atoms with Crippen molar-refractivity contribution in [2.45, 2.75) is 0 Å². The Morgan fingerprint density at radius 3 is 2.26 bits per heavy atom. The number of nitrogens with zero attached hydrogens (tertiary/aromatic N) is 2. The minimum atomic E-state index is -0.314. The highest BCUT2D eigenvalue weighted by Gasteiger charge is 2.39. The molecule has 2 heterocycles. The van der Waals surface area contributed by atoms with Crippen LogP contribution in [-0.2, 0) is 0 Å². The van der Waals surface area contributed by atoms with Crippen molar-refractivity contribution in [3.8, 4) is 11.1 Å². The lowest BCUT2D eigenvalue weighted by Gasteiger charge is -2.16. The van der Waals surface area contributed by atoms with Crippen LogP contribution in [-0.4, -0.2) is 16.8 Å². The molecule has 4 nitrogen and oxygen atoms in total. The van der Waals surface area contributed by atoms with Crippen LogP contribution in [0, 0.1) is 0 Å². The van der Waals surface area contributed by atoms with E-state index >= 15 is 0 Å². The van der Waals surface area contributed by atoms with E-state index in [2.05, 4.69) is 4.98 Å². The van der Waals surface area contributed by atoms with Gasteiger partial charge in [-0.25, -0.2) is 4.90 Å². The number of imide groups is 1. The molecular weight excluding hydrogens is 336 g/mol. The van der Waals surface area contributed by atoms with Gasteiger partial charge < -0.3 is 0 Å². The lowest BCUT2D eigenvalue weighted by atomic mass is 9.97. The summed E-state index contributed by atoms with van der Waals surface area (Å²) in [7, 11) is 0. The topological polar surface area (TPSA) is 50.3 Å². The van der Waals surface area contributed by atoms with Crippen LogP contribution in [0.3, 0.4) is 0 Å². The highest BCUT2D eigenvalue weighted by Crippen LogP contribution is 2.37. The first-order valence-corrected chi connectivity index (χ1v) is 8.66. The summed E-state index contributed by atoms with van der Waals surface area (Å²) >= 11 is 0. The Kier molecular flexibility index (Phi) is 3.37. The van der Waals surface area contributed by atoms with Crippen molar-refractivity contribution in [3.05, 3.63) is 96.2 Å². The van der Waals surface area contributed by atoms with Gasteiger partial charge in [-0.1, -0.05) is 60.7 Å². The van der Waals surface area contributed by atoms with Gasteiger partial charge in [-0.05, 0) is 29.3 Å². The molecule has 0 radical (unpaired) electrons. The van der Waals surface area contributed by atoms with Crippen LogP contribution < -0.4 is 4.90 Å². The number of anilines is 1. The summed E-state index contributed by atoms with van der Waals surface area (Å²) in [4.78, 5) is 32.1. The van der Waals surface area contributed by atoms with Crippen molar-refractivity contribution >= 4 is 28.4 Å². The third-order valence-electron chi connectivity index (χ3n) is 4.85. The molecule has 4 heteroatoms.